The van der Waals surface area contributed by atoms with E-state index in [2.05, 4.69) is 37.0 Å². The molecule has 0 atom stereocenters. The summed E-state index contributed by atoms with van der Waals surface area (Å²) >= 11 is 0. The first-order chi connectivity index (χ1) is 15.7. The van der Waals surface area contributed by atoms with Gasteiger partial charge in [0, 0.05) is 54.7 Å². The first-order valence-corrected chi connectivity index (χ1v) is 11.0. The number of hydrogen-bond acceptors (Lipinski definition) is 5. The number of fused-ring (bicyclic) bond motifs is 1. The van der Waals surface area contributed by atoms with Crippen LogP contribution in [0.4, 0.5) is 10.2 Å². The zero-order valence-electron chi connectivity index (χ0n) is 18.1. The van der Waals surface area contributed by atoms with Gasteiger partial charge in [-0.2, -0.15) is 4.39 Å². The van der Waals surface area contributed by atoms with Gasteiger partial charge in [0.05, 0.1) is 13.2 Å². The Bertz CT molecular complexity index is 1230. The minimum absolute atomic E-state index is 0.406. The van der Waals surface area contributed by atoms with Crippen LogP contribution in [0.2, 0.25) is 0 Å². The highest BCUT2D eigenvalue weighted by molar-refractivity contribution is 5.80. The van der Waals surface area contributed by atoms with E-state index >= 15 is 0 Å². The molecule has 0 radical (unpaired) electrons. The predicted molar refractivity (Wildman–Crippen MR) is 123 cm³/mol. The molecule has 32 heavy (non-hydrogen) atoms. The molecule has 0 spiro atoms. The van der Waals surface area contributed by atoms with Crippen LogP contribution in [-0.4, -0.2) is 46.2 Å². The molecule has 0 saturated carbocycles. The van der Waals surface area contributed by atoms with Crippen molar-refractivity contribution >= 4 is 16.9 Å². The van der Waals surface area contributed by atoms with Gasteiger partial charge in [0.1, 0.15) is 11.5 Å². The Morgan fingerprint density at radius 1 is 1.06 bits per heavy atom. The van der Waals surface area contributed by atoms with Gasteiger partial charge >= 0.3 is 0 Å². The quantitative estimate of drug-likeness (QED) is 0.467. The molecule has 4 aromatic heterocycles. The van der Waals surface area contributed by atoms with Gasteiger partial charge in [-0.05, 0) is 54.7 Å². The van der Waals surface area contributed by atoms with Crippen molar-refractivity contribution in [3.63, 3.8) is 0 Å². The summed E-state index contributed by atoms with van der Waals surface area (Å²) in [7, 11) is 0. The van der Waals surface area contributed by atoms with Crippen molar-refractivity contribution in [1.29, 1.82) is 0 Å². The fourth-order valence-electron chi connectivity index (χ4n) is 4.23. The molecule has 4 aromatic rings. The first kappa shape index (κ1) is 20.6. The van der Waals surface area contributed by atoms with E-state index in [0.717, 1.165) is 72.0 Å². The van der Waals surface area contributed by atoms with Gasteiger partial charge < -0.3 is 14.6 Å². The summed E-state index contributed by atoms with van der Waals surface area (Å²) in [6.45, 7) is 5.13. The van der Waals surface area contributed by atoms with Crippen LogP contribution in [0.1, 0.15) is 27.9 Å². The van der Waals surface area contributed by atoms with Gasteiger partial charge in [0.25, 0.3) is 0 Å². The summed E-state index contributed by atoms with van der Waals surface area (Å²) < 4.78 is 20.3. The third kappa shape index (κ3) is 4.34. The second-order valence-electron chi connectivity index (χ2n) is 8.24. The second-order valence-corrected chi connectivity index (χ2v) is 8.24. The lowest BCUT2D eigenvalue weighted by Crippen LogP contribution is -2.37. The molecule has 5 heterocycles. The van der Waals surface area contributed by atoms with Crippen LogP contribution in [0.15, 0.2) is 48.9 Å². The van der Waals surface area contributed by atoms with E-state index in [4.69, 9.17) is 4.74 Å². The minimum atomic E-state index is -0.406. The molecule has 1 aliphatic heterocycles. The molecule has 1 aliphatic rings. The van der Waals surface area contributed by atoms with E-state index in [1.165, 1.54) is 0 Å². The van der Waals surface area contributed by atoms with Gasteiger partial charge in [-0.1, -0.05) is 12.1 Å². The van der Waals surface area contributed by atoms with Crippen molar-refractivity contribution in [3.05, 3.63) is 82.8 Å². The van der Waals surface area contributed by atoms with E-state index in [0.29, 0.717) is 18.4 Å². The highest BCUT2D eigenvalue weighted by atomic mass is 19.1. The van der Waals surface area contributed by atoms with Crippen LogP contribution in [-0.2, 0) is 24.0 Å². The zero-order valence-corrected chi connectivity index (χ0v) is 18.1. The molecule has 164 valence electrons. The van der Waals surface area contributed by atoms with Gasteiger partial charge in [-0.25, -0.2) is 15.0 Å². The largest absolute Gasteiger partial charge is 0.378 e. The van der Waals surface area contributed by atoms with E-state index in [1.54, 1.807) is 0 Å². The van der Waals surface area contributed by atoms with E-state index in [-0.39, 0.29) is 0 Å². The van der Waals surface area contributed by atoms with Crippen LogP contribution in [0.3, 0.4) is 0 Å². The summed E-state index contributed by atoms with van der Waals surface area (Å²) in [5.74, 6) is 0.591. The fraction of sp³-hybridized carbons (Fsp3) is 0.320. The topological polar surface area (TPSA) is 66.9 Å². The summed E-state index contributed by atoms with van der Waals surface area (Å²) in [5, 5.41) is 1.03. The number of hydrogen-bond donors (Lipinski definition) is 1. The van der Waals surface area contributed by atoms with E-state index < -0.39 is 5.95 Å². The third-order valence-electron chi connectivity index (χ3n) is 5.95. The number of nitrogens with zero attached hydrogens (tertiary/aromatic N) is 4. The number of nitrogens with one attached hydrogen (secondary N) is 1. The number of ether oxygens (including phenoxy) is 1. The normalized spacial score (nSPS) is 14.2. The average Bonchev–Trinajstić information content (AvgIpc) is 3.22. The monoisotopic (exact) mass is 431 g/mol. The molecule has 1 fully saturated rings. The van der Waals surface area contributed by atoms with Crippen molar-refractivity contribution in [2.75, 3.05) is 31.2 Å². The third-order valence-corrected chi connectivity index (χ3v) is 5.95. The summed E-state index contributed by atoms with van der Waals surface area (Å²) in [6.07, 6.45) is 7.46. The summed E-state index contributed by atoms with van der Waals surface area (Å²) in [4.78, 5) is 18.7. The van der Waals surface area contributed by atoms with Crippen molar-refractivity contribution < 1.29 is 9.13 Å². The lowest BCUT2D eigenvalue weighted by Gasteiger charge is -2.29. The van der Waals surface area contributed by atoms with E-state index in [1.807, 2.05) is 43.7 Å². The lowest BCUT2D eigenvalue weighted by molar-refractivity contribution is 0.122. The number of pyridine rings is 3. The van der Waals surface area contributed by atoms with Crippen molar-refractivity contribution in [3.8, 4) is 0 Å². The maximum absolute atomic E-state index is 14.8. The molecule has 0 bridgehead atoms. The van der Waals surface area contributed by atoms with Crippen LogP contribution in [0, 0.1) is 12.9 Å². The summed E-state index contributed by atoms with van der Waals surface area (Å²) in [5.41, 5.74) is 5.42. The molecule has 6 nitrogen and oxygen atoms in total. The standard InChI is InChI=1S/C25H26FN5O/c1-17-13-22-20(16-29-24(22)28-15-17)14-19-5-7-21(30-23(19)26)6-4-18-3-2-8-27-25(18)31-9-11-32-12-10-31/h2-3,5,7-8,13,15-16H,4,6,9-12,14H2,1H3,(H,28,29). The van der Waals surface area contributed by atoms with Gasteiger partial charge in [-0.3, -0.25) is 0 Å². The number of H-pyrrole nitrogens is 1. The predicted octanol–water partition coefficient (Wildman–Crippen LogP) is 4.01. The van der Waals surface area contributed by atoms with E-state index in [9.17, 15) is 4.39 Å². The molecule has 5 rings (SSSR count). The Hall–Kier alpha value is -3.32. The Labute approximate surface area is 186 Å². The molecular formula is C25H26FN5O. The van der Waals surface area contributed by atoms with Crippen molar-refractivity contribution in [2.24, 2.45) is 0 Å². The molecule has 7 heteroatoms. The van der Waals surface area contributed by atoms with Gasteiger partial charge in [0.15, 0.2) is 0 Å². The molecule has 0 unspecified atom stereocenters. The molecule has 0 amide bonds. The number of aromatic nitrogens is 4. The lowest BCUT2D eigenvalue weighted by atomic mass is 10.0. The first-order valence-electron chi connectivity index (χ1n) is 11.0. The molecule has 0 aromatic carbocycles. The van der Waals surface area contributed by atoms with Gasteiger partial charge in [-0.15, -0.1) is 0 Å². The number of rotatable bonds is 6. The average molecular weight is 432 g/mol. The molecule has 1 saturated heterocycles. The Morgan fingerprint density at radius 2 is 1.94 bits per heavy atom. The Kier molecular flexibility index (Phi) is 5.81. The van der Waals surface area contributed by atoms with Crippen LogP contribution < -0.4 is 4.90 Å². The summed E-state index contributed by atoms with van der Waals surface area (Å²) in [6, 6.07) is 9.91. The minimum Gasteiger partial charge on any atom is -0.378 e. The molecule has 1 N–H and O–H groups in total. The number of anilines is 1. The Balaban J connectivity index is 1.30. The fourth-order valence-corrected chi connectivity index (χ4v) is 4.23. The number of aromatic amines is 1. The number of morpholine rings is 1. The van der Waals surface area contributed by atoms with Gasteiger partial charge in [0.2, 0.25) is 5.95 Å². The molecule has 0 aliphatic carbocycles. The number of aryl methyl sites for hydroxylation is 3. The van der Waals surface area contributed by atoms with Crippen molar-refractivity contribution in [1.82, 2.24) is 19.9 Å². The van der Waals surface area contributed by atoms with Crippen LogP contribution in [0.25, 0.3) is 11.0 Å². The van der Waals surface area contributed by atoms with Crippen LogP contribution in [0.5, 0.6) is 0 Å². The Morgan fingerprint density at radius 3 is 2.78 bits per heavy atom. The molecular weight excluding hydrogens is 405 g/mol. The smallest absolute Gasteiger partial charge is 0.216 e. The highest BCUT2D eigenvalue weighted by Gasteiger charge is 2.16. The van der Waals surface area contributed by atoms with Crippen molar-refractivity contribution in [2.45, 2.75) is 26.2 Å². The highest BCUT2D eigenvalue weighted by Crippen LogP contribution is 2.23. The maximum atomic E-state index is 14.8. The maximum Gasteiger partial charge on any atom is 0.216 e. The second kappa shape index (κ2) is 9.04. The zero-order chi connectivity index (χ0) is 21.9. The van der Waals surface area contributed by atoms with Crippen LogP contribution >= 0.6 is 0 Å². The number of halogens is 1. The SMILES string of the molecule is Cc1cnc2[nH]cc(Cc3ccc(CCc4cccnc4N4CCOCC4)nc3F)c2c1.